The van der Waals surface area contributed by atoms with Crippen LogP contribution in [0.5, 0.6) is 5.75 Å². The van der Waals surface area contributed by atoms with Crippen molar-refractivity contribution in [3.05, 3.63) is 114 Å². The molecular weight excluding hydrogens is 476 g/mol. The second-order valence-electron chi connectivity index (χ2n) is 9.71. The van der Waals surface area contributed by atoms with Crippen LogP contribution < -0.4 is 10.1 Å². The third kappa shape index (κ3) is 7.26. The van der Waals surface area contributed by atoms with Crippen molar-refractivity contribution < 1.29 is 19.7 Å². The summed E-state index contributed by atoms with van der Waals surface area (Å²) in [6.07, 6.45) is 7.51. The van der Waals surface area contributed by atoms with Gasteiger partial charge in [-0.15, -0.1) is 0 Å². The number of hydrogen-bond acceptors (Lipinski definition) is 5. The molecule has 4 rings (SSSR count). The van der Waals surface area contributed by atoms with Crippen LogP contribution in [0, 0.1) is 5.92 Å². The van der Waals surface area contributed by atoms with Crippen molar-refractivity contribution in [2.45, 2.75) is 32.4 Å². The summed E-state index contributed by atoms with van der Waals surface area (Å²) in [6, 6.07) is 21.0. The van der Waals surface area contributed by atoms with E-state index in [0.717, 1.165) is 53.7 Å². The third-order valence-electron chi connectivity index (χ3n) is 7.03. The number of carboxylic acids is 1. The lowest BCUT2D eigenvalue weighted by Gasteiger charge is -2.34. The summed E-state index contributed by atoms with van der Waals surface area (Å²) < 4.78 is 5.88. The van der Waals surface area contributed by atoms with E-state index in [9.17, 15) is 9.90 Å². The highest BCUT2D eigenvalue weighted by Gasteiger charge is 2.20. The van der Waals surface area contributed by atoms with Crippen LogP contribution in [-0.4, -0.2) is 47.0 Å². The fourth-order valence-corrected chi connectivity index (χ4v) is 4.80. The first-order chi connectivity index (χ1) is 18.4. The van der Waals surface area contributed by atoms with Crippen LogP contribution in [0.25, 0.3) is 10.8 Å². The molecule has 3 aromatic carbocycles. The molecule has 1 heterocycles. The zero-order valence-corrected chi connectivity index (χ0v) is 21.8. The number of piperidine rings is 1. The number of nitrogens with zero attached hydrogens (tertiary/aromatic N) is 1. The Morgan fingerprint density at radius 3 is 2.61 bits per heavy atom. The molecule has 0 bridgehead atoms. The first-order valence-electron chi connectivity index (χ1n) is 13.1. The average Bonchev–Trinajstić information content (AvgIpc) is 2.94. The Hall–Kier alpha value is -4.03. The van der Waals surface area contributed by atoms with Crippen molar-refractivity contribution in [2.24, 2.45) is 5.92 Å². The standard InChI is InChI=1S/C32H36N2O4/c1-3-28(33-31(35)21-26-10-6-9-25-8-4-5-13-30(25)26)15-14-23(2)34-18-16-24(17-19-34)22-38-29-12-7-11-27(20-29)32(36)37/h3-15,20,24,31,33,35H,1,16-19,21-22H2,2H3,(H,36,37)/b23-14+,28-15+. The Morgan fingerprint density at radius 1 is 1.11 bits per heavy atom. The highest BCUT2D eigenvalue weighted by molar-refractivity contribution is 5.88. The summed E-state index contributed by atoms with van der Waals surface area (Å²) in [6.45, 7) is 8.44. The van der Waals surface area contributed by atoms with Gasteiger partial charge in [0.05, 0.1) is 12.2 Å². The van der Waals surface area contributed by atoms with Gasteiger partial charge in [0.2, 0.25) is 0 Å². The number of carbonyl (C=O) groups is 1. The molecule has 1 aliphatic rings. The van der Waals surface area contributed by atoms with Crippen molar-refractivity contribution in [1.82, 2.24) is 10.2 Å². The van der Waals surface area contributed by atoms with Gasteiger partial charge in [-0.25, -0.2) is 4.79 Å². The van der Waals surface area contributed by atoms with E-state index in [1.807, 2.05) is 24.3 Å². The van der Waals surface area contributed by atoms with Crippen molar-refractivity contribution in [3.63, 3.8) is 0 Å². The van der Waals surface area contributed by atoms with E-state index in [0.29, 0.717) is 24.7 Å². The van der Waals surface area contributed by atoms with Gasteiger partial charge in [-0.05, 0) is 78.4 Å². The molecule has 1 unspecified atom stereocenters. The molecular formula is C32H36N2O4. The summed E-state index contributed by atoms with van der Waals surface area (Å²) in [5.41, 5.74) is 3.26. The highest BCUT2D eigenvalue weighted by atomic mass is 16.5. The minimum atomic E-state index is -0.950. The summed E-state index contributed by atoms with van der Waals surface area (Å²) in [5, 5.41) is 25.3. The number of carboxylic acid groups (broad SMARTS) is 1. The van der Waals surface area contributed by atoms with Crippen molar-refractivity contribution >= 4 is 16.7 Å². The van der Waals surface area contributed by atoms with Gasteiger partial charge >= 0.3 is 5.97 Å². The number of aliphatic hydroxyl groups excluding tert-OH is 1. The minimum Gasteiger partial charge on any atom is -0.493 e. The van der Waals surface area contributed by atoms with E-state index in [1.165, 1.54) is 0 Å². The number of likely N-dealkylation sites (tertiary alicyclic amines) is 1. The lowest BCUT2D eigenvalue weighted by molar-refractivity contribution is 0.0696. The zero-order chi connectivity index (χ0) is 26.9. The van der Waals surface area contributed by atoms with Crippen LogP contribution in [0.1, 0.15) is 35.7 Å². The molecule has 38 heavy (non-hydrogen) atoms. The van der Waals surface area contributed by atoms with Gasteiger partial charge in [0, 0.05) is 30.9 Å². The van der Waals surface area contributed by atoms with Crippen LogP contribution in [0.15, 0.2) is 103 Å². The average molecular weight is 513 g/mol. The second-order valence-corrected chi connectivity index (χ2v) is 9.71. The van der Waals surface area contributed by atoms with Gasteiger partial charge in [-0.2, -0.15) is 0 Å². The third-order valence-corrected chi connectivity index (χ3v) is 7.03. The molecule has 3 aromatic rings. The van der Waals surface area contributed by atoms with E-state index < -0.39 is 12.2 Å². The number of aliphatic hydroxyl groups is 1. The Balaban J connectivity index is 1.27. The zero-order valence-electron chi connectivity index (χ0n) is 21.8. The molecule has 1 fully saturated rings. The topological polar surface area (TPSA) is 82.0 Å². The molecule has 0 saturated carbocycles. The van der Waals surface area contributed by atoms with E-state index >= 15 is 0 Å². The lowest BCUT2D eigenvalue weighted by Crippen LogP contribution is -2.34. The quantitative estimate of drug-likeness (QED) is 0.224. The molecule has 0 aromatic heterocycles. The Bertz CT molecular complexity index is 1320. The second kappa shape index (κ2) is 13.0. The monoisotopic (exact) mass is 512 g/mol. The van der Waals surface area contributed by atoms with Gasteiger partial charge in [0.1, 0.15) is 12.0 Å². The summed E-state index contributed by atoms with van der Waals surface area (Å²) in [4.78, 5) is 13.5. The van der Waals surface area contributed by atoms with Crippen molar-refractivity contribution in [1.29, 1.82) is 0 Å². The number of hydrogen-bond donors (Lipinski definition) is 3. The molecule has 3 N–H and O–H groups in total. The number of ether oxygens (including phenoxy) is 1. The molecule has 0 spiro atoms. The summed E-state index contributed by atoms with van der Waals surface area (Å²) in [7, 11) is 0. The highest BCUT2D eigenvalue weighted by Crippen LogP contribution is 2.23. The molecule has 198 valence electrons. The van der Waals surface area contributed by atoms with E-state index in [4.69, 9.17) is 9.84 Å². The minimum absolute atomic E-state index is 0.237. The molecule has 1 aliphatic heterocycles. The van der Waals surface area contributed by atoms with Gasteiger partial charge in [-0.3, -0.25) is 0 Å². The number of fused-ring (bicyclic) bond motifs is 1. The maximum atomic E-state index is 11.2. The first-order valence-corrected chi connectivity index (χ1v) is 13.1. The molecule has 1 atom stereocenters. The van der Waals surface area contributed by atoms with E-state index in [1.54, 1.807) is 30.3 Å². The van der Waals surface area contributed by atoms with Crippen LogP contribution in [0.2, 0.25) is 0 Å². The number of nitrogens with one attached hydrogen (secondary N) is 1. The number of aromatic carboxylic acids is 1. The SMILES string of the molecule is C=C/C(=C\C=C(/C)N1CCC(COc2cccc(C(=O)O)c2)CC1)NC(O)Cc1cccc2ccccc12. The molecule has 0 aliphatic carbocycles. The number of benzene rings is 3. The Morgan fingerprint density at radius 2 is 1.84 bits per heavy atom. The fraction of sp³-hybridized carbons (Fsp3) is 0.281. The molecule has 6 heteroatoms. The maximum Gasteiger partial charge on any atom is 0.335 e. The lowest BCUT2D eigenvalue weighted by atomic mass is 9.97. The molecule has 6 nitrogen and oxygen atoms in total. The van der Waals surface area contributed by atoms with Crippen LogP contribution in [0.4, 0.5) is 0 Å². The number of allylic oxidation sites excluding steroid dienone is 4. The first kappa shape index (κ1) is 27.0. The Kier molecular flexibility index (Phi) is 9.22. The van der Waals surface area contributed by atoms with Gasteiger partial charge < -0.3 is 25.2 Å². The van der Waals surface area contributed by atoms with E-state index in [-0.39, 0.29) is 5.56 Å². The van der Waals surface area contributed by atoms with Crippen LogP contribution in [-0.2, 0) is 6.42 Å². The van der Waals surface area contributed by atoms with Crippen LogP contribution in [0.3, 0.4) is 0 Å². The van der Waals surface area contributed by atoms with Crippen molar-refractivity contribution in [2.75, 3.05) is 19.7 Å². The normalized spacial score (nSPS) is 15.8. The predicted molar refractivity (Wildman–Crippen MR) is 152 cm³/mol. The fourth-order valence-electron chi connectivity index (χ4n) is 4.80. The van der Waals surface area contributed by atoms with Crippen molar-refractivity contribution in [3.8, 4) is 5.75 Å². The largest absolute Gasteiger partial charge is 0.493 e. The predicted octanol–water partition coefficient (Wildman–Crippen LogP) is 5.75. The summed E-state index contributed by atoms with van der Waals surface area (Å²) >= 11 is 0. The Labute approximate surface area is 224 Å². The van der Waals surface area contributed by atoms with Gasteiger partial charge in [0.25, 0.3) is 0 Å². The molecule has 1 saturated heterocycles. The smallest absolute Gasteiger partial charge is 0.335 e. The van der Waals surface area contributed by atoms with Crippen LogP contribution >= 0.6 is 0 Å². The maximum absolute atomic E-state index is 11.2. The molecule has 0 radical (unpaired) electrons. The number of rotatable bonds is 11. The van der Waals surface area contributed by atoms with Gasteiger partial charge in [0.15, 0.2) is 0 Å². The molecule has 0 amide bonds. The van der Waals surface area contributed by atoms with Gasteiger partial charge in [-0.1, -0.05) is 55.1 Å². The van der Waals surface area contributed by atoms with E-state index in [2.05, 4.69) is 54.1 Å². The summed E-state index contributed by atoms with van der Waals surface area (Å²) in [5.74, 6) is 0.0764.